The minimum absolute atomic E-state index is 0. The predicted octanol–water partition coefficient (Wildman–Crippen LogP) is 3.01. The van der Waals surface area contributed by atoms with E-state index in [0.717, 1.165) is 0 Å². The highest BCUT2D eigenvalue weighted by molar-refractivity contribution is 5.95. The maximum Gasteiger partial charge on any atom is 0.335 e. The molecule has 0 aliphatic heterocycles. The topological polar surface area (TPSA) is 66.4 Å². The maximum absolute atomic E-state index is 11.6. The molecule has 0 unspecified atom stereocenters. The van der Waals surface area contributed by atoms with Crippen LogP contribution in [-0.4, -0.2) is 17.0 Å². The van der Waals surface area contributed by atoms with Crippen molar-refractivity contribution >= 4 is 17.6 Å². The molecular formula is C13H19NO3. The van der Waals surface area contributed by atoms with Crippen molar-refractivity contribution in [3.63, 3.8) is 0 Å². The van der Waals surface area contributed by atoms with Crippen LogP contribution in [0.1, 0.15) is 38.6 Å². The van der Waals surface area contributed by atoms with Gasteiger partial charge in [-0.1, -0.05) is 28.2 Å². The van der Waals surface area contributed by atoms with Gasteiger partial charge in [0.25, 0.3) is 0 Å². The molecule has 0 heterocycles. The lowest BCUT2D eigenvalue weighted by atomic mass is 9.95. The molecule has 1 aromatic rings. The van der Waals surface area contributed by atoms with Gasteiger partial charge >= 0.3 is 5.97 Å². The molecule has 0 spiro atoms. The van der Waals surface area contributed by atoms with Crippen LogP contribution in [0, 0.1) is 5.41 Å². The van der Waals surface area contributed by atoms with E-state index in [9.17, 15) is 9.59 Å². The smallest absolute Gasteiger partial charge is 0.335 e. The summed E-state index contributed by atoms with van der Waals surface area (Å²) in [6, 6.07) is 6.07. The highest BCUT2D eigenvalue weighted by Gasteiger charge is 2.21. The number of hydrogen-bond acceptors (Lipinski definition) is 2. The Hall–Kier alpha value is -1.84. The van der Waals surface area contributed by atoms with Gasteiger partial charge in [0.15, 0.2) is 0 Å². The summed E-state index contributed by atoms with van der Waals surface area (Å²) in [6.45, 7) is 5.44. The van der Waals surface area contributed by atoms with E-state index in [-0.39, 0.29) is 18.9 Å². The lowest BCUT2D eigenvalue weighted by Gasteiger charge is -2.17. The fraction of sp³-hybridized carbons (Fsp3) is 0.385. The van der Waals surface area contributed by atoms with Crippen molar-refractivity contribution in [1.29, 1.82) is 0 Å². The third-order valence-electron chi connectivity index (χ3n) is 2.07. The average molecular weight is 237 g/mol. The predicted molar refractivity (Wildman–Crippen MR) is 68.2 cm³/mol. The molecule has 0 saturated heterocycles. The van der Waals surface area contributed by atoms with E-state index < -0.39 is 11.4 Å². The molecule has 0 aromatic heterocycles. The second-order valence-corrected chi connectivity index (χ2v) is 4.59. The van der Waals surface area contributed by atoms with Gasteiger partial charge in [0.05, 0.1) is 5.56 Å². The van der Waals surface area contributed by atoms with Gasteiger partial charge in [-0.05, 0) is 24.3 Å². The highest BCUT2D eigenvalue weighted by atomic mass is 16.4. The first-order valence-corrected chi connectivity index (χ1v) is 4.95. The van der Waals surface area contributed by atoms with E-state index in [2.05, 4.69) is 5.32 Å². The number of rotatable bonds is 2. The lowest BCUT2D eigenvalue weighted by Crippen LogP contribution is -2.27. The number of carboxylic acids is 1. The molecule has 0 bridgehead atoms. The molecule has 0 fully saturated rings. The molecule has 1 aromatic carbocycles. The number of aromatic carboxylic acids is 1. The summed E-state index contributed by atoms with van der Waals surface area (Å²) in [7, 11) is 0. The van der Waals surface area contributed by atoms with E-state index in [1.54, 1.807) is 12.1 Å². The van der Waals surface area contributed by atoms with Crippen molar-refractivity contribution in [1.82, 2.24) is 0 Å². The number of amides is 1. The summed E-state index contributed by atoms with van der Waals surface area (Å²) in [5.41, 5.74) is 0.338. The summed E-state index contributed by atoms with van der Waals surface area (Å²) >= 11 is 0. The van der Waals surface area contributed by atoms with Gasteiger partial charge in [0, 0.05) is 11.1 Å². The number of carbonyl (C=O) groups is 2. The van der Waals surface area contributed by atoms with E-state index in [1.807, 2.05) is 20.8 Å². The minimum Gasteiger partial charge on any atom is -0.478 e. The monoisotopic (exact) mass is 237 g/mol. The Morgan fingerprint density at radius 2 is 1.59 bits per heavy atom. The van der Waals surface area contributed by atoms with Crippen molar-refractivity contribution in [2.24, 2.45) is 5.41 Å². The van der Waals surface area contributed by atoms with Gasteiger partial charge in [-0.15, -0.1) is 0 Å². The highest BCUT2D eigenvalue weighted by Crippen LogP contribution is 2.17. The molecule has 1 rings (SSSR count). The lowest BCUT2D eigenvalue weighted by molar-refractivity contribution is -0.123. The number of carboxylic acid groups (broad SMARTS) is 1. The summed E-state index contributed by atoms with van der Waals surface area (Å²) in [5, 5.41) is 11.4. The van der Waals surface area contributed by atoms with Crippen LogP contribution in [0.25, 0.3) is 0 Å². The van der Waals surface area contributed by atoms with E-state index in [4.69, 9.17) is 5.11 Å². The molecular weight excluding hydrogens is 218 g/mol. The van der Waals surface area contributed by atoms with Crippen LogP contribution in [-0.2, 0) is 4.79 Å². The van der Waals surface area contributed by atoms with Crippen LogP contribution in [0.4, 0.5) is 5.69 Å². The van der Waals surface area contributed by atoms with Gasteiger partial charge < -0.3 is 10.4 Å². The quantitative estimate of drug-likeness (QED) is 0.830. The number of carbonyl (C=O) groups excluding carboxylic acids is 1. The summed E-state index contributed by atoms with van der Waals surface area (Å²) < 4.78 is 0. The Kier molecular flexibility index (Phi) is 4.88. The zero-order valence-electron chi connectivity index (χ0n) is 9.57. The summed E-state index contributed by atoms with van der Waals surface area (Å²) in [6.07, 6.45) is 0. The Balaban J connectivity index is 0.00000256. The first-order chi connectivity index (χ1) is 7.30. The summed E-state index contributed by atoms with van der Waals surface area (Å²) in [4.78, 5) is 22.2. The van der Waals surface area contributed by atoms with Crippen LogP contribution in [0.3, 0.4) is 0 Å². The number of benzene rings is 1. The van der Waals surface area contributed by atoms with Crippen LogP contribution in [0.5, 0.6) is 0 Å². The molecule has 0 aliphatic carbocycles. The SMILES string of the molecule is C.CC(C)(C)C(=O)Nc1ccc(C(=O)O)cc1. The zero-order chi connectivity index (χ0) is 12.3. The van der Waals surface area contributed by atoms with Gasteiger partial charge in [0.1, 0.15) is 0 Å². The Bertz CT molecular complexity index is 402. The van der Waals surface area contributed by atoms with Gasteiger partial charge in [-0.2, -0.15) is 0 Å². The molecule has 2 N–H and O–H groups in total. The third kappa shape index (κ3) is 4.26. The van der Waals surface area contributed by atoms with Crippen molar-refractivity contribution in [3.05, 3.63) is 29.8 Å². The van der Waals surface area contributed by atoms with Crippen LogP contribution in [0.2, 0.25) is 0 Å². The van der Waals surface area contributed by atoms with Crippen molar-refractivity contribution in [2.45, 2.75) is 28.2 Å². The molecule has 0 aliphatic rings. The van der Waals surface area contributed by atoms with Crippen molar-refractivity contribution < 1.29 is 14.7 Å². The van der Waals surface area contributed by atoms with Crippen LogP contribution in [0.15, 0.2) is 24.3 Å². The van der Waals surface area contributed by atoms with E-state index in [1.165, 1.54) is 12.1 Å². The van der Waals surface area contributed by atoms with Gasteiger partial charge in [-0.25, -0.2) is 4.79 Å². The third-order valence-corrected chi connectivity index (χ3v) is 2.07. The molecule has 94 valence electrons. The maximum atomic E-state index is 11.6. The Morgan fingerprint density at radius 1 is 1.12 bits per heavy atom. The van der Waals surface area contributed by atoms with Crippen molar-refractivity contribution in [2.75, 3.05) is 5.32 Å². The Morgan fingerprint density at radius 3 is 1.94 bits per heavy atom. The first-order valence-electron chi connectivity index (χ1n) is 4.95. The molecule has 0 atom stereocenters. The second-order valence-electron chi connectivity index (χ2n) is 4.59. The summed E-state index contributed by atoms with van der Waals surface area (Å²) in [5.74, 6) is -1.08. The van der Waals surface area contributed by atoms with Crippen LogP contribution < -0.4 is 5.32 Å². The van der Waals surface area contributed by atoms with Gasteiger partial charge in [0.2, 0.25) is 5.91 Å². The number of anilines is 1. The number of nitrogens with one attached hydrogen (secondary N) is 1. The van der Waals surface area contributed by atoms with E-state index in [0.29, 0.717) is 5.69 Å². The molecule has 0 saturated carbocycles. The largest absolute Gasteiger partial charge is 0.478 e. The number of hydrogen-bond donors (Lipinski definition) is 2. The fourth-order valence-electron chi connectivity index (χ4n) is 1.01. The fourth-order valence-corrected chi connectivity index (χ4v) is 1.01. The molecule has 4 heteroatoms. The molecule has 1 amide bonds. The molecule has 17 heavy (non-hydrogen) atoms. The van der Waals surface area contributed by atoms with Crippen LogP contribution >= 0.6 is 0 Å². The minimum atomic E-state index is -0.978. The molecule has 0 radical (unpaired) electrons. The van der Waals surface area contributed by atoms with Crippen molar-refractivity contribution in [3.8, 4) is 0 Å². The average Bonchev–Trinajstić information content (AvgIpc) is 2.17. The Labute approximate surface area is 102 Å². The van der Waals surface area contributed by atoms with E-state index >= 15 is 0 Å². The zero-order valence-corrected chi connectivity index (χ0v) is 9.57. The normalized spacial score (nSPS) is 10.3. The van der Waals surface area contributed by atoms with Gasteiger partial charge in [-0.3, -0.25) is 4.79 Å². The second kappa shape index (κ2) is 5.48. The first kappa shape index (κ1) is 15.2. The molecule has 4 nitrogen and oxygen atoms in total. The standard InChI is InChI=1S/C12H15NO3.CH4/c1-12(2,3)11(16)13-9-6-4-8(5-7-9)10(14)15;/h4-7H,1-3H3,(H,13,16)(H,14,15);1H4.